The van der Waals surface area contributed by atoms with E-state index < -0.39 is 24.8 Å². The lowest BCUT2D eigenvalue weighted by atomic mass is 9.77. The molecule has 1 saturated heterocycles. The van der Waals surface area contributed by atoms with Gasteiger partial charge in [-0.3, -0.25) is 14.0 Å². The smallest absolute Gasteiger partial charge is 0.358 e. The zero-order valence-corrected chi connectivity index (χ0v) is 21.6. The maximum atomic E-state index is 13.3. The number of carbonyl (C=O) groups is 3. The Hall–Kier alpha value is -2.37. The number of aromatic nitrogens is 2. The highest BCUT2D eigenvalue weighted by atomic mass is 32.2. The molecule has 1 saturated carbocycles. The van der Waals surface area contributed by atoms with Crippen molar-refractivity contribution < 1.29 is 29.0 Å². The third-order valence-corrected chi connectivity index (χ3v) is 9.29. The van der Waals surface area contributed by atoms with E-state index in [0.29, 0.717) is 5.57 Å². The van der Waals surface area contributed by atoms with E-state index in [1.54, 1.807) is 13.3 Å². The van der Waals surface area contributed by atoms with Crippen molar-refractivity contribution in [2.24, 2.45) is 17.8 Å². The van der Waals surface area contributed by atoms with Gasteiger partial charge in [0.2, 0.25) is 12.7 Å². The van der Waals surface area contributed by atoms with Crippen LogP contribution in [0.2, 0.25) is 0 Å². The molecule has 9 nitrogen and oxygen atoms in total. The number of ether oxygens (including phenoxy) is 2. The van der Waals surface area contributed by atoms with Gasteiger partial charge in [-0.15, -0.1) is 23.1 Å². The van der Waals surface area contributed by atoms with Crippen molar-refractivity contribution in [2.45, 2.75) is 63.1 Å². The number of hydrogen-bond acceptors (Lipinski definition) is 9. The fourth-order valence-electron chi connectivity index (χ4n) is 5.59. The number of aliphatic hydroxyl groups excluding tert-OH is 1. The minimum atomic E-state index is -0.828. The molecule has 2 aromatic rings. The average Bonchev–Trinajstić information content (AvgIpc) is 3.48. The number of rotatable bonds is 7. The summed E-state index contributed by atoms with van der Waals surface area (Å²) < 4.78 is 12.5. The fraction of sp³-hybridized carbons (Fsp3) is 0.583. The third kappa shape index (κ3) is 4.07. The number of fused-ring (bicyclic) bond motifs is 2. The number of thiazole rings is 1. The van der Waals surface area contributed by atoms with Gasteiger partial charge in [0, 0.05) is 17.7 Å². The summed E-state index contributed by atoms with van der Waals surface area (Å²) in [5, 5.41) is 11.1. The van der Waals surface area contributed by atoms with Crippen molar-refractivity contribution in [3.05, 3.63) is 23.1 Å². The van der Waals surface area contributed by atoms with Crippen molar-refractivity contribution in [2.75, 3.05) is 13.0 Å². The van der Waals surface area contributed by atoms with Crippen LogP contribution < -0.4 is 0 Å². The number of β-lactam (4-membered cyclic amide) rings is 1. The number of imidazole rings is 1. The van der Waals surface area contributed by atoms with Crippen LogP contribution in [0.4, 0.5) is 0 Å². The van der Waals surface area contributed by atoms with Gasteiger partial charge in [0.1, 0.15) is 21.9 Å². The molecule has 1 aliphatic carbocycles. The van der Waals surface area contributed by atoms with E-state index in [0.717, 1.165) is 46.8 Å². The monoisotopic (exact) mass is 519 g/mol. The van der Waals surface area contributed by atoms with Crippen LogP contribution >= 0.6 is 23.1 Å². The zero-order valence-electron chi connectivity index (χ0n) is 19.9. The van der Waals surface area contributed by atoms with Crippen LogP contribution in [0.25, 0.3) is 10.4 Å². The molecule has 2 fully saturated rings. The highest BCUT2D eigenvalue weighted by molar-refractivity contribution is 7.98. The SMILES string of the molecule is CSc1ncn2cc(C3=C(C(=O)OCOC(=O)C4CCCCC4)N4C(=O)[C@H]([C@@H](C)O)[C@H]4[C@H]3C)sc12. The lowest BCUT2D eigenvalue weighted by molar-refractivity contribution is -0.174. The van der Waals surface area contributed by atoms with Gasteiger partial charge >= 0.3 is 11.9 Å². The van der Waals surface area contributed by atoms with Gasteiger partial charge < -0.3 is 19.5 Å². The number of nitrogens with zero attached hydrogens (tertiary/aromatic N) is 3. The quantitative estimate of drug-likeness (QED) is 0.257. The van der Waals surface area contributed by atoms with Crippen molar-refractivity contribution in [3.63, 3.8) is 0 Å². The molecule has 188 valence electrons. The van der Waals surface area contributed by atoms with Crippen LogP contribution in [0.5, 0.6) is 0 Å². The van der Waals surface area contributed by atoms with E-state index in [9.17, 15) is 19.5 Å². The maximum absolute atomic E-state index is 13.3. The van der Waals surface area contributed by atoms with Crippen LogP contribution in [0, 0.1) is 17.8 Å². The molecular weight excluding hydrogens is 490 g/mol. The van der Waals surface area contributed by atoms with Gasteiger partial charge in [-0.25, -0.2) is 9.78 Å². The van der Waals surface area contributed by atoms with E-state index in [1.165, 1.54) is 28.0 Å². The molecule has 3 aliphatic rings. The molecule has 0 spiro atoms. The first-order chi connectivity index (χ1) is 16.8. The van der Waals surface area contributed by atoms with E-state index in [1.807, 2.05) is 23.8 Å². The Morgan fingerprint density at radius 3 is 2.71 bits per heavy atom. The Morgan fingerprint density at radius 2 is 2.03 bits per heavy atom. The highest BCUT2D eigenvalue weighted by Gasteiger charge is 2.60. The maximum Gasteiger partial charge on any atom is 0.358 e. The van der Waals surface area contributed by atoms with E-state index in [2.05, 4.69) is 4.98 Å². The number of esters is 2. The van der Waals surface area contributed by atoms with E-state index in [4.69, 9.17) is 9.47 Å². The number of thioether (sulfide) groups is 1. The van der Waals surface area contributed by atoms with Gasteiger partial charge in [0.25, 0.3) is 0 Å². The molecule has 11 heteroatoms. The van der Waals surface area contributed by atoms with Gasteiger partial charge in [-0.05, 0) is 26.0 Å². The van der Waals surface area contributed by atoms with E-state index >= 15 is 0 Å². The molecular formula is C24H29N3O6S2. The van der Waals surface area contributed by atoms with Crippen molar-refractivity contribution in [1.82, 2.24) is 14.3 Å². The minimum Gasteiger partial charge on any atom is -0.428 e. The topological polar surface area (TPSA) is 110 Å². The van der Waals surface area contributed by atoms with Gasteiger partial charge in [-0.2, -0.15) is 0 Å². The zero-order chi connectivity index (χ0) is 24.9. The highest BCUT2D eigenvalue weighted by Crippen LogP contribution is 2.52. The number of amides is 1. The molecule has 35 heavy (non-hydrogen) atoms. The minimum absolute atomic E-state index is 0.147. The molecule has 2 aliphatic heterocycles. The van der Waals surface area contributed by atoms with Crippen LogP contribution in [0.1, 0.15) is 50.8 Å². The van der Waals surface area contributed by atoms with Gasteiger partial charge in [-0.1, -0.05) is 26.2 Å². The summed E-state index contributed by atoms with van der Waals surface area (Å²) in [6, 6.07) is -0.329. The summed E-state index contributed by atoms with van der Waals surface area (Å²) in [5.74, 6) is -2.26. The molecule has 1 N–H and O–H groups in total. The lowest BCUT2D eigenvalue weighted by Crippen LogP contribution is -2.63. The molecule has 0 bridgehead atoms. The normalized spacial score (nSPS) is 25.5. The summed E-state index contributed by atoms with van der Waals surface area (Å²) >= 11 is 3.03. The Kier molecular flexibility index (Phi) is 6.67. The summed E-state index contributed by atoms with van der Waals surface area (Å²) in [6.07, 6.45) is 9.47. The fourth-order valence-corrected chi connectivity index (χ4v) is 7.51. The second kappa shape index (κ2) is 9.59. The standard InChI is InChI=1S/C24H29N3O6S2/c1-12-16(15-9-26-10-25-20(34-3)22(26)35-15)19(27-18(12)17(13(2)28)21(27)29)24(31)33-11-32-23(30)14-7-5-4-6-8-14/h9-10,12-14,17-18,28H,4-8,11H2,1-3H3/t12-,13+,17+,18+/m0/s1. The Morgan fingerprint density at radius 1 is 1.29 bits per heavy atom. The Balaban J connectivity index is 1.41. The number of aliphatic hydroxyl groups is 1. The summed E-state index contributed by atoms with van der Waals surface area (Å²) in [5.41, 5.74) is 0.872. The molecule has 0 unspecified atom stereocenters. The number of carbonyl (C=O) groups excluding carboxylic acids is 3. The molecule has 0 aromatic carbocycles. The first-order valence-corrected chi connectivity index (χ1v) is 14.0. The van der Waals surface area contributed by atoms with Crippen molar-refractivity contribution in [1.29, 1.82) is 0 Å². The van der Waals surface area contributed by atoms with E-state index in [-0.39, 0.29) is 35.5 Å². The largest absolute Gasteiger partial charge is 0.428 e. The molecule has 1 amide bonds. The third-order valence-electron chi connectivity index (χ3n) is 7.33. The van der Waals surface area contributed by atoms with Crippen molar-refractivity contribution >= 4 is 51.3 Å². The summed E-state index contributed by atoms with van der Waals surface area (Å²) in [6.45, 7) is 3.07. The number of hydrogen-bond donors (Lipinski definition) is 1. The Bertz CT molecular complexity index is 1200. The Labute approximate surface area is 211 Å². The first-order valence-electron chi connectivity index (χ1n) is 11.9. The second-order valence-electron chi connectivity index (χ2n) is 9.43. The lowest BCUT2D eigenvalue weighted by Gasteiger charge is -2.46. The van der Waals surface area contributed by atoms with Crippen molar-refractivity contribution in [3.8, 4) is 0 Å². The van der Waals surface area contributed by atoms with Crippen LogP contribution in [-0.2, 0) is 23.9 Å². The molecule has 5 rings (SSSR count). The second-order valence-corrected chi connectivity index (χ2v) is 11.3. The summed E-state index contributed by atoms with van der Waals surface area (Å²) in [7, 11) is 0. The summed E-state index contributed by atoms with van der Waals surface area (Å²) in [4.78, 5) is 46.2. The predicted octanol–water partition coefficient (Wildman–Crippen LogP) is 3.31. The average molecular weight is 520 g/mol. The predicted molar refractivity (Wildman–Crippen MR) is 130 cm³/mol. The molecule has 0 radical (unpaired) electrons. The van der Waals surface area contributed by atoms with Gasteiger partial charge in [0.05, 0.1) is 28.9 Å². The van der Waals surface area contributed by atoms with Crippen LogP contribution in [0.3, 0.4) is 0 Å². The molecule has 4 heterocycles. The molecule has 2 aromatic heterocycles. The first kappa shape index (κ1) is 24.3. The van der Waals surface area contributed by atoms with Crippen LogP contribution in [-0.4, -0.2) is 62.4 Å². The van der Waals surface area contributed by atoms with Crippen LogP contribution in [0.15, 0.2) is 23.2 Å². The molecule has 4 atom stereocenters. The van der Waals surface area contributed by atoms with Gasteiger partial charge in [0.15, 0.2) is 0 Å².